The average Bonchev–Trinajstić information content (AvgIpc) is 2.63. The monoisotopic (exact) mass is 315 g/mol. The van der Waals surface area contributed by atoms with Crippen molar-refractivity contribution in [1.82, 2.24) is 0 Å². The molecule has 2 nitrogen and oxygen atoms in total. The first kappa shape index (κ1) is 15.5. The van der Waals surface area contributed by atoms with Gasteiger partial charge in [-0.15, -0.1) is 0 Å². The molecular weight excluding hydrogens is 301 g/mol. The smallest absolute Gasteiger partial charge is 0.255 e. The van der Waals surface area contributed by atoms with Crippen LogP contribution in [0.5, 0.6) is 0 Å². The van der Waals surface area contributed by atoms with Crippen molar-refractivity contribution >= 4 is 11.6 Å². The molecule has 1 amide bonds. The van der Waals surface area contributed by atoms with Crippen molar-refractivity contribution in [3.05, 3.63) is 101 Å². The lowest BCUT2D eigenvalue weighted by Crippen LogP contribution is -2.11. The lowest BCUT2D eigenvalue weighted by atomic mass is 10.1. The first-order valence-electron chi connectivity index (χ1n) is 7.45. The van der Waals surface area contributed by atoms with E-state index in [9.17, 15) is 9.18 Å². The fourth-order valence-electron chi connectivity index (χ4n) is 2.11. The van der Waals surface area contributed by atoms with Crippen LogP contribution in [0, 0.1) is 17.7 Å². The van der Waals surface area contributed by atoms with Crippen LogP contribution >= 0.6 is 0 Å². The van der Waals surface area contributed by atoms with Gasteiger partial charge in [0, 0.05) is 22.4 Å². The first-order valence-corrected chi connectivity index (χ1v) is 7.45. The molecule has 0 aliphatic rings. The molecule has 3 heteroatoms. The highest BCUT2D eigenvalue weighted by atomic mass is 19.1. The molecule has 0 aliphatic heterocycles. The summed E-state index contributed by atoms with van der Waals surface area (Å²) in [6, 6.07) is 22.4. The van der Waals surface area contributed by atoms with E-state index in [4.69, 9.17) is 0 Å². The highest BCUT2D eigenvalue weighted by Crippen LogP contribution is 2.11. The minimum Gasteiger partial charge on any atom is -0.322 e. The van der Waals surface area contributed by atoms with Gasteiger partial charge in [-0.2, -0.15) is 0 Å². The minimum absolute atomic E-state index is 0.246. The van der Waals surface area contributed by atoms with Crippen molar-refractivity contribution in [2.75, 3.05) is 5.32 Å². The molecule has 3 aromatic carbocycles. The molecule has 0 atom stereocenters. The van der Waals surface area contributed by atoms with Crippen LogP contribution in [0.3, 0.4) is 0 Å². The van der Waals surface area contributed by atoms with Gasteiger partial charge < -0.3 is 5.32 Å². The SMILES string of the molecule is O=C(Nc1ccc(F)cc1)c1ccc(C#Cc2ccccc2)cc1. The summed E-state index contributed by atoms with van der Waals surface area (Å²) in [7, 11) is 0. The summed E-state index contributed by atoms with van der Waals surface area (Å²) < 4.78 is 12.9. The van der Waals surface area contributed by atoms with Crippen molar-refractivity contribution in [1.29, 1.82) is 0 Å². The highest BCUT2D eigenvalue weighted by Gasteiger charge is 2.05. The number of carbonyl (C=O) groups excluding carboxylic acids is 1. The van der Waals surface area contributed by atoms with Gasteiger partial charge in [0.2, 0.25) is 0 Å². The predicted molar refractivity (Wildman–Crippen MR) is 93.2 cm³/mol. The van der Waals surface area contributed by atoms with Crippen molar-refractivity contribution in [2.45, 2.75) is 0 Å². The Morgan fingerprint density at radius 3 is 1.96 bits per heavy atom. The molecule has 0 radical (unpaired) electrons. The second-order valence-corrected chi connectivity index (χ2v) is 5.15. The fraction of sp³-hybridized carbons (Fsp3) is 0. The van der Waals surface area contributed by atoms with Crippen LogP contribution in [0.2, 0.25) is 0 Å². The number of halogens is 1. The van der Waals surface area contributed by atoms with Gasteiger partial charge in [0.15, 0.2) is 0 Å². The van der Waals surface area contributed by atoms with Crippen LogP contribution in [0.1, 0.15) is 21.5 Å². The quantitative estimate of drug-likeness (QED) is 0.694. The Hall–Kier alpha value is -3.38. The summed E-state index contributed by atoms with van der Waals surface area (Å²) in [6.45, 7) is 0. The summed E-state index contributed by atoms with van der Waals surface area (Å²) in [5, 5.41) is 2.72. The molecule has 116 valence electrons. The molecule has 0 saturated heterocycles. The van der Waals surface area contributed by atoms with Crippen LogP contribution in [0.15, 0.2) is 78.9 Å². The Kier molecular flexibility index (Phi) is 4.69. The maximum absolute atomic E-state index is 12.9. The number of hydrogen-bond donors (Lipinski definition) is 1. The Labute approximate surface area is 140 Å². The molecule has 0 saturated carbocycles. The molecule has 0 aliphatic carbocycles. The third-order valence-corrected chi connectivity index (χ3v) is 3.37. The first-order chi connectivity index (χ1) is 11.7. The van der Waals surface area contributed by atoms with Gasteiger partial charge in [0.1, 0.15) is 5.82 Å². The van der Waals surface area contributed by atoms with Gasteiger partial charge in [-0.05, 0) is 60.7 Å². The highest BCUT2D eigenvalue weighted by molar-refractivity contribution is 6.04. The number of carbonyl (C=O) groups is 1. The van der Waals surface area contributed by atoms with E-state index >= 15 is 0 Å². The normalized spacial score (nSPS) is 9.71. The summed E-state index contributed by atoms with van der Waals surface area (Å²) in [5.74, 6) is 5.54. The topological polar surface area (TPSA) is 29.1 Å². The number of benzene rings is 3. The summed E-state index contributed by atoms with van der Waals surface area (Å²) in [5.41, 5.74) is 2.84. The van der Waals surface area contributed by atoms with E-state index in [-0.39, 0.29) is 11.7 Å². The number of hydrogen-bond acceptors (Lipinski definition) is 1. The summed E-state index contributed by atoms with van der Waals surface area (Å²) >= 11 is 0. The van der Waals surface area contributed by atoms with Crippen molar-refractivity contribution < 1.29 is 9.18 Å². The molecule has 3 rings (SSSR count). The molecule has 0 aromatic heterocycles. The Balaban J connectivity index is 1.69. The van der Waals surface area contributed by atoms with E-state index in [2.05, 4.69) is 17.2 Å². The predicted octanol–water partition coefficient (Wildman–Crippen LogP) is 4.48. The molecule has 1 N–H and O–H groups in total. The molecule has 3 aromatic rings. The molecule has 0 spiro atoms. The van der Waals surface area contributed by atoms with Crippen LogP contribution < -0.4 is 5.32 Å². The van der Waals surface area contributed by atoms with Crippen LogP contribution in [0.4, 0.5) is 10.1 Å². The Morgan fingerprint density at radius 2 is 1.33 bits per heavy atom. The number of rotatable bonds is 2. The van der Waals surface area contributed by atoms with Gasteiger partial charge in [-0.3, -0.25) is 4.79 Å². The van der Waals surface area contributed by atoms with E-state index < -0.39 is 0 Å². The maximum atomic E-state index is 12.9. The molecule has 0 bridgehead atoms. The lowest BCUT2D eigenvalue weighted by molar-refractivity contribution is 0.102. The van der Waals surface area contributed by atoms with Gasteiger partial charge in [0.25, 0.3) is 5.91 Å². The number of anilines is 1. The lowest BCUT2D eigenvalue weighted by Gasteiger charge is -2.05. The van der Waals surface area contributed by atoms with Gasteiger partial charge in [-0.1, -0.05) is 30.0 Å². The van der Waals surface area contributed by atoms with E-state index in [1.54, 1.807) is 24.3 Å². The zero-order valence-corrected chi connectivity index (χ0v) is 12.8. The third kappa shape index (κ3) is 4.08. The maximum Gasteiger partial charge on any atom is 0.255 e. The summed E-state index contributed by atoms with van der Waals surface area (Å²) in [4.78, 5) is 12.1. The van der Waals surface area contributed by atoms with Crippen molar-refractivity contribution in [3.63, 3.8) is 0 Å². The Bertz CT molecular complexity index is 889. The third-order valence-electron chi connectivity index (χ3n) is 3.37. The Morgan fingerprint density at radius 1 is 0.750 bits per heavy atom. The molecule has 0 unspecified atom stereocenters. The fourth-order valence-corrected chi connectivity index (χ4v) is 2.11. The van der Waals surface area contributed by atoms with Gasteiger partial charge >= 0.3 is 0 Å². The molecular formula is C21H14FNO. The van der Waals surface area contributed by atoms with Gasteiger partial charge in [0.05, 0.1) is 0 Å². The van der Waals surface area contributed by atoms with E-state index in [1.807, 2.05) is 30.3 Å². The second-order valence-electron chi connectivity index (χ2n) is 5.15. The molecule has 0 fully saturated rings. The van der Waals surface area contributed by atoms with E-state index in [0.29, 0.717) is 11.3 Å². The standard InChI is InChI=1S/C21H14FNO/c22-19-12-14-20(15-13-19)23-21(24)18-10-8-17(9-11-18)7-6-16-4-2-1-3-5-16/h1-5,8-15H,(H,23,24). The average molecular weight is 315 g/mol. The van der Waals surface area contributed by atoms with Crippen LogP contribution in [-0.4, -0.2) is 5.91 Å². The van der Waals surface area contributed by atoms with Crippen LogP contribution in [0.25, 0.3) is 0 Å². The summed E-state index contributed by atoms with van der Waals surface area (Å²) in [6.07, 6.45) is 0. The number of amides is 1. The van der Waals surface area contributed by atoms with Crippen LogP contribution in [-0.2, 0) is 0 Å². The zero-order chi connectivity index (χ0) is 16.8. The van der Waals surface area contributed by atoms with E-state index in [0.717, 1.165) is 11.1 Å². The minimum atomic E-state index is -0.339. The molecule has 0 heterocycles. The largest absolute Gasteiger partial charge is 0.322 e. The number of nitrogens with one attached hydrogen (secondary N) is 1. The zero-order valence-electron chi connectivity index (χ0n) is 12.8. The second kappa shape index (κ2) is 7.26. The molecule has 24 heavy (non-hydrogen) atoms. The van der Waals surface area contributed by atoms with E-state index in [1.165, 1.54) is 24.3 Å². The van der Waals surface area contributed by atoms with Gasteiger partial charge in [-0.25, -0.2) is 4.39 Å². The van der Waals surface area contributed by atoms with Crippen molar-refractivity contribution in [2.24, 2.45) is 0 Å². The van der Waals surface area contributed by atoms with Crippen molar-refractivity contribution in [3.8, 4) is 11.8 Å².